The number of aromatic nitrogens is 1. The highest BCUT2D eigenvalue weighted by atomic mass is 32.2. The van der Waals surface area contributed by atoms with Crippen molar-refractivity contribution in [3.05, 3.63) is 46.5 Å². The number of aryl methyl sites for hydroxylation is 1. The molecule has 0 saturated carbocycles. The lowest BCUT2D eigenvalue weighted by Crippen LogP contribution is -2.58. The Morgan fingerprint density at radius 2 is 1.84 bits per heavy atom. The van der Waals surface area contributed by atoms with Gasteiger partial charge in [0.2, 0.25) is 0 Å². The van der Waals surface area contributed by atoms with Gasteiger partial charge in [0.05, 0.1) is 31.5 Å². The van der Waals surface area contributed by atoms with E-state index in [1.54, 1.807) is 26.0 Å². The highest BCUT2D eigenvalue weighted by Crippen LogP contribution is 2.39. The molecule has 3 heterocycles. The van der Waals surface area contributed by atoms with Crippen LogP contribution in [0, 0.1) is 11.3 Å². The van der Waals surface area contributed by atoms with Crippen LogP contribution in [0.25, 0.3) is 0 Å². The maximum atomic E-state index is 10.2. The first-order chi connectivity index (χ1) is 17.8. The van der Waals surface area contributed by atoms with Gasteiger partial charge in [-0.15, -0.1) is 11.8 Å². The van der Waals surface area contributed by atoms with Crippen molar-refractivity contribution in [2.75, 3.05) is 51.1 Å². The minimum Gasteiger partial charge on any atom is -0.497 e. The fourth-order valence-electron chi connectivity index (χ4n) is 5.43. The molecule has 0 amide bonds. The second kappa shape index (κ2) is 12.0. The van der Waals surface area contributed by atoms with Crippen LogP contribution >= 0.6 is 11.8 Å². The van der Waals surface area contributed by atoms with E-state index in [0.29, 0.717) is 25.1 Å². The number of methoxy groups -OCH3 is 2. The molecule has 0 N–H and O–H groups in total. The second-order valence-corrected chi connectivity index (χ2v) is 11.8. The zero-order chi connectivity index (χ0) is 26.6. The number of ether oxygens (including phenoxy) is 3. The summed E-state index contributed by atoms with van der Waals surface area (Å²) in [5.74, 6) is 2.70. The maximum Gasteiger partial charge on any atom is 0.135 e. The number of nitriles is 1. The molecule has 0 aliphatic carbocycles. The molecule has 4 rings (SSSR count). The molecule has 8 heteroatoms. The number of hydrogen-bond donors (Lipinski definition) is 0. The van der Waals surface area contributed by atoms with Crippen LogP contribution in [0.3, 0.4) is 0 Å². The summed E-state index contributed by atoms with van der Waals surface area (Å²) in [6, 6.07) is 11.4. The zero-order valence-corrected chi connectivity index (χ0v) is 23.9. The van der Waals surface area contributed by atoms with Gasteiger partial charge in [0.25, 0.3) is 0 Å². The lowest BCUT2D eigenvalue weighted by atomic mass is 9.89. The normalized spacial score (nSPS) is 21.4. The summed E-state index contributed by atoms with van der Waals surface area (Å²) < 4.78 is 16.9. The minimum atomic E-state index is -0.304. The Bertz CT molecular complexity index is 1100. The Morgan fingerprint density at radius 1 is 1.14 bits per heavy atom. The molecular formula is C29H40N4O3S. The number of anilines is 1. The van der Waals surface area contributed by atoms with Gasteiger partial charge in [-0.3, -0.25) is 4.90 Å². The van der Waals surface area contributed by atoms with Crippen molar-refractivity contribution in [2.24, 2.45) is 0 Å². The predicted octanol–water partition coefficient (Wildman–Crippen LogP) is 4.69. The number of rotatable bonds is 9. The van der Waals surface area contributed by atoms with Crippen molar-refractivity contribution in [1.82, 2.24) is 9.88 Å². The summed E-state index contributed by atoms with van der Waals surface area (Å²) in [4.78, 5) is 10.1. The molecule has 2 aliphatic rings. The first-order valence-corrected chi connectivity index (χ1v) is 14.1. The zero-order valence-electron chi connectivity index (χ0n) is 23.0. The topological polar surface area (TPSA) is 70.8 Å². The first-order valence-electron chi connectivity index (χ1n) is 13.1. The monoisotopic (exact) mass is 524 g/mol. The van der Waals surface area contributed by atoms with E-state index >= 15 is 0 Å². The Morgan fingerprint density at radius 3 is 2.46 bits per heavy atom. The van der Waals surface area contributed by atoms with Crippen LogP contribution in [0.5, 0.6) is 5.75 Å². The number of thioether (sulfide) groups is 1. The molecule has 0 radical (unpaired) electrons. The van der Waals surface area contributed by atoms with Gasteiger partial charge in [0, 0.05) is 56.6 Å². The van der Waals surface area contributed by atoms with Gasteiger partial charge in [-0.2, -0.15) is 5.26 Å². The fraction of sp³-hybridized carbons (Fsp3) is 0.586. The summed E-state index contributed by atoms with van der Waals surface area (Å²) in [5, 5.41) is 11.1. The molecule has 200 valence electrons. The third-order valence-corrected chi connectivity index (χ3v) is 8.40. The number of pyridine rings is 1. The van der Waals surface area contributed by atoms with Crippen LogP contribution in [0.4, 0.5) is 5.82 Å². The van der Waals surface area contributed by atoms with Crippen LogP contribution in [0.1, 0.15) is 49.9 Å². The van der Waals surface area contributed by atoms with Gasteiger partial charge in [0.1, 0.15) is 22.7 Å². The third kappa shape index (κ3) is 6.40. The van der Waals surface area contributed by atoms with E-state index in [0.717, 1.165) is 71.7 Å². The highest BCUT2D eigenvalue weighted by molar-refractivity contribution is 7.99. The second-order valence-electron chi connectivity index (χ2n) is 10.7. The summed E-state index contributed by atoms with van der Waals surface area (Å²) in [7, 11) is 3.44. The van der Waals surface area contributed by atoms with E-state index in [1.165, 1.54) is 5.56 Å². The van der Waals surface area contributed by atoms with E-state index in [2.05, 4.69) is 55.7 Å². The lowest BCUT2D eigenvalue weighted by Gasteiger charge is -2.46. The largest absolute Gasteiger partial charge is 0.497 e. The summed E-state index contributed by atoms with van der Waals surface area (Å²) in [5.41, 5.74) is 3.85. The Balaban J connectivity index is 1.62. The van der Waals surface area contributed by atoms with E-state index < -0.39 is 0 Å². The number of nitrogens with zero attached hydrogens (tertiary/aromatic N) is 4. The van der Waals surface area contributed by atoms with Gasteiger partial charge in [-0.05, 0) is 57.4 Å². The highest BCUT2D eigenvalue weighted by Gasteiger charge is 2.36. The van der Waals surface area contributed by atoms with Crippen LogP contribution < -0.4 is 9.64 Å². The molecular weight excluding hydrogens is 484 g/mol. The van der Waals surface area contributed by atoms with Crippen LogP contribution in [0.15, 0.2) is 29.3 Å². The number of fused-ring (bicyclic) bond motifs is 1. The first kappa shape index (κ1) is 27.7. The lowest BCUT2D eigenvalue weighted by molar-refractivity contribution is -0.0403. The molecule has 2 unspecified atom stereocenters. The smallest absolute Gasteiger partial charge is 0.135 e. The minimum absolute atomic E-state index is 0.304. The van der Waals surface area contributed by atoms with E-state index in [9.17, 15) is 5.26 Å². The third-order valence-electron chi connectivity index (χ3n) is 7.42. The summed E-state index contributed by atoms with van der Waals surface area (Å²) >= 11 is 1.68. The van der Waals surface area contributed by atoms with Crippen molar-refractivity contribution >= 4 is 17.6 Å². The number of benzene rings is 1. The molecule has 1 fully saturated rings. The average Bonchev–Trinajstić information content (AvgIpc) is 2.87. The van der Waals surface area contributed by atoms with Crippen molar-refractivity contribution in [3.8, 4) is 11.8 Å². The van der Waals surface area contributed by atoms with E-state index in [-0.39, 0.29) is 5.60 Å². The van der Waals surface area contributed by atoms with Gasteiger partial charge < -0.3 is 19.1 Å². The van der Waals surface area contributed by atoms with Crippen molar-refractivity contribution in [1.29, 1.82) is 5.26 Å². The Labute approximate surface area is 226 Å². The van der Waals surface area contributed by atoms with Gasteiger partial charge in [0.15, 0.2) is 0 Å². The molecule has 1 aromatic carbocycles. The molecule has 1 saturated heterocycles. The predicted molar refractivity (Wildman–Crippen MR) is 149 cm³/mol. The molecule has 2 aromatic rings. The Kier molecular flexibility index (Phi) is 9.02. The molecule has 7 nitrogen and oxygen atoms in total. The maximum absolute atomic E-state index is 10.2. The summed E-state index contributed by atoms with van der Waals surface area (Å²) in [6.45, 7) is 12.7. The fourth-order valence-corrected chi connectivity index (χ4v) is 6.43. The van der Waals surface area contributed by atoms with Gasteiger partial charge in [-0.1, -0.05) is 12.1 Å². The van der Waals surface area contributed by atoms with E-state index in [4.69, 9.17) is 19.2 Å². The van der Waals surface area contributed by atoms with Crippen LogP contribution in [-0.2, 0) is 28.9 Å². The van der Waals surface area contributed by atoms with Crippen molar-refractivity contribution < 1.29 is 14.2 Å². The van der Waals surface area contributed by atoms with Gasteiger partial charge >= 0.3 is 0 Å². The molecule has 0 spiro atoms. The SMILES string of the molecule is COCCN1C(C)CN(c2nc(SCCc3ccc(OC)cc3)c(C#N)c3c2COC(C)(C)C3)CC1C. The quantitative estimate of drug-likeness (QED) is 0.438. The van der Waals surface area contributed by atoms with Crippen LogP contribution in [0.2, 0.25) is 0 Å². The molecule has 2 aliphatic heterocycles. The van der Waals surface area contributed by atoms with Gasteiger partial charge in [-0.25, -0.2) is 4.98 Å². The van der Waals surface area contributed by atoms with Crippen molar-refractivity contribution in [3.63, 3.8) is 0 Å². The van der Waals surface area contributed by atoms with Crippen LogP contribution in [-0.4, -0.2) is 73.8 Å². The molecule has 0 bridgehead atoms. The molecule has 1 aromatic heterocycles. The van der Waals surface area contributed by atoms with E-state index in [1.807, 2.05) is 12.1 Å². The van der Waals surface area contributed by atoms with Crippen molar-refractivity contribution in [2.45, 2.75) is 69.9 Å². The Hall–Kier alpha value is -2.31. The number of hydrogen-bond acceptors (Lipinski definition) is 8. The molecule has 2 atom stereocenters. The average molecular weight is 525 g/mol. The standard InChI is InChI=1S/C29H40N4O3S/c1-20-17-32(18-21(2)33(20)12-13-34-5)27-26-19-36-29(3,4)15-24(26)25(16-30)28(31-27)37-14-11-22-7-9-23(35-6)10-8-22/h7-10,20-21H,11-15,17-19H2,1-6H3. The summed E-state index contributed by atoms with van der Waals surface area (Å²) in [6.07, 6.45) is 1.61. The molecule has 37 heavy (non-hydrogen) atoms. The number of piperazine rings is 1.